The third-order valence-corrected chi connectivity index (χ3v) is 4.65. The van der Waals surface area contributed by atoms with Gasteiger partial charge in [0, 0.05) is 18.8 Å². The van der Waals surface area contributed by atoms with Gasteiger partial charge in [0.15, 0.2) is 5.82 Å². The summed E-state index contributed by atoms with van der Waals surface area (Å²) in [6.07, 6.45) is 1.72. The van der Waals surface area contributed by atoms with E-state index in [1.54, 1.807) is 6.07 Å². The molecule has 1 N–H and O–H groups in total. The second-order valence-electron chi connectivity index (χ2n) is 6.60. The summed E-state index contributed by atoms with van der Waals surface area (Å²) in [5.74, 6) is -2.50. The molecule has 1 fully saturated rings. The quantitative estimate of drug-likeness (QED) is 0.755. The van der Waals surface area contributed by atoms with Crippen LogP contribution in [0.4, 0.5) is 8.78 Å². The van der Waals surface area contributed by atoms with Gasteiger partial charge in [-0.15, -0.1) is 0 Å². The number of rotatable bonds is 4. The highest BCUT2D eigenvalue weighted by Gasteiger charge is 2.36. The number of aromatic nitrogens is 4. The van der Waals surface area contributed by atoms with Crippen LogP contribution in [0.5, 0.6) is 0 Å². The normalized spacial score (nSPS) is 17.1. The highest BCUT2D eigenvalue weighted by Crippen LogP contribution is 2.39. The van der Waals surface area contributed by atoms with E-state index < -0.39 is 11.8 Å². The Morgan fingerprint density at radius 3 is 2.70 bits per heavy atom. The molecule has 9 heteroatoms. The highest BCUT2D eigenvalue weighted by molar-refractivity contribution is 5.93. The van der Waals surface area contributed by atoms with Gasteiger partial charge >= 0.3 is 0 Å². The van der Waals surface area contributed by atoms with Crippen LogP contribution in [-0.4, -0.2) is 31.9 Å². The number of fused-ring (bicyclic) bond motifs is 1. The van der Waals surface area contributed by atoms with Crippen LogP contribution >= 0.6 is 0 Å². The number of benzene rings is 1. The lowest BCUT2D eigenvalue weighted by Gasteiger charge is -2.26. The van der Waals surface area contributed by atoms with Gasteiger partial charge in [0.2, 0.25) is 11.8 Å². The first-order valence-electron chi connectivity index (χ1n) is 8.70. The van der Waals surface area contributed by atoms with Crippen molar-refractivity contribution in [2.45, 2.75) is 44.1 Å². The first kappa shape index (κ1) is 17.4. The largest absolute Gasteiger partial charge is 0.342 e. The van der Waals surface area contributed by atoms with Crippen LogP contribution in [0.1, 0.15) is 53.8 Å². The van der Waals surface area contributed by atoms with Gasteiger partial charge in [-0.05, 0) is 25.0 Å². The number of halogens is 2. The number of alkyl halides is 2. The SMILES string of the molecule is O=C(NCc1nc(C2CCC(F)(F)CC2)no1)c1cnc2ccccc2n1. The molecule has 3 aromatic rings. The Morgan fingerprint density at radius 1 is 1.19 bits per heavy atom. The fourth-order valence-corrected chi connectivity index (χ4v) is 3.12. The Balaban J connectivity index is 1.37. The van der Waals surface area contributed by atoms with Crippen LogP contribution in [0.2, 0.25) is 0 Å². The fraction of sp³-hybridized carbons (Fsp3) is 0.389. The molecule has 0 atom stereocenters. The molecule has 0 aliphatic heterocycles. The van der Waals surface area contributed by atoms with Gasteiger partial charge in [0.05, 0.1) is 23.8 Å². The molecular formula is C18H17F2N5O2. The number of carbonyl (C=O) groups excluding carboxylic acids is 1. The number of hydrogen-bond donors (Lipinski definition) is 1. The summed E-state index contributed by atoms with van der Waals surface area (Å²) in [6.45, 7) is 0.0310. The molecule has 1 amide bonds. The van der Waals surface area contributed by atoms with Gasteiger partial charge in [0.1, 0.15) is 5.69 Å². The van der Waals surface area contributed by atoms with Gasteiger partial charge in [-0.1, -0.05) is 17.3 Å². The van der Waals surface area contributed by atoms with E-state index in [0.717, 1.165) is 0 Å². The van der Waals surface area contributed by atoms with Gasteiger partial charge in [-0.3, -0.25) is 9.78 Å². The molecule has 4 rings (SSSR count). The Bertz CT molecular complexity index is 965. The monoisotopic (exact) mass is 373 g/mol. The summed E-state index contributed by atoms with van der Waals surface area (Å²) in [5, 5.41) is 6.52. The third-order valence-electron chi connectivity index (χ3n) is 4.65. The lowest BCUT2D eigenvalue weighted by atomic mass is 9.86. The van der Waals surface area contributed by atoms with E-state index in [9.17, 15) is 13.6 Å². The second-order valence-corrected chi connectivity index (χ2v) is 6.60. The summed E-state index contributed by atoms with van der Waals surface area (Å²) >= 11 is 0. The fourth-order valence-electron chi connectivity index (χ4n) is 3.12. The smallest absolute Gasteiger partial charge is 0.271 e. The minimum Gasteiger partial charge on any atom is -0.342 e. The predicted octanol–water partition coefficient (Wildman–Crippen LogP) is 3.24. The van der Waals surface area contributed by atoms with Crippen molar-refractivity contribution in [2.24, 2.45) is 0 Å². The molecule has 0 radical (unpaired) electrons. The molecule has 2 aromatic heterocycles. The molecule has 27 heavy (non-hydrogen) atoms. The maximum Gasteiger partial charge on any atom is 0.271 e. The average molecular weight is 373 g/mol. The molecule has 1 saturated carbocycles. The van der Waals surface area contributed by atoms with Crippen molar-refractivity contribution >= 4 is 16.9 Å². The van der Waals surface area contributed by atoms with Crippen molar-refractivity contribution in [1.29, 1.82) is 0 Å². The molecule has 0 unspecified atom stereocenters. The van der Waals surface area contributed by atoms with Crippen molar-refractivity contribution < 1.29 is 18.1 Å². The van der Waals surface area contributed by atoms with E-state index in [-0.39, 0.29) is 36.9 Å². The zero-order chi connectivity index (χ0) is 18.9. The zero-order valence-electron chi connectivity index (χ0n) is 14.4. The molecule has 0 saturated heterocycles. The van der Waals surface area contributed by atoms with Crippen LogP contribution in [0.25, 0.3) is 11.0 Å². The van der Waals surface area contributed by atoms with Crippen LogP contribution < -0.4 is 5.32 Å². The summed E-state index contributed by atoms with van der Waals surface area (Å²) in [4.78, 5) is 24.9. The van der Waals surface area contributed by atoms with Gasteiger partial charge in [-0.2, -0.15) is 4.98 Å². The van der Waals surface area contributed by atoms with Crippen molar-refractivity contribution in [3.8, 4) is 0 Å². The van der Waals surface area contributed by atoms with Crippen LogP contribution in [0.3, 0.4) is 0 Å². The molecule has 1 aromatic carbocycles. The van der Waals surface area contributed by atoms with E-state index in [4.69, 9.17) is 4.52 Å². The number of para-hydroxylation sites is 2. The molecule has 0 spiro atoms. The Kier molecular flexibility index (Phi) is 4.51. The van der Waals surface area contributed by atoms with Crippen LogP contribution in [0, 0.1) is 0 Å². The Morgan fingerprint density at radius 2 is 1.93 bits per heavy atom. The van der Waals surface area contributed by atoms with Crippen LogP contribution in [-0.2, 0) is 6.54 Å². The average Bonchev–Trinajstić information content (AvgIpc) is 3.14. The maximum atomic E-state index is 13.2. The lowest BCUT2D eigenvalue weighted by Crippen LogP contribution is -2.25. The number of nitrogens with one attached hydrogen (secondary N) is 1. The van der Waals surface area contributed by atoms with E-state index in [2.05, 4.69) is 25.4 Å². The minimum absolute atomic E-state index is 0.0310. The molecule has 7 nitrogen and oxygen atoms in total. The van der Waals surface area contributed by atoms with Crippen molar-refractivity contribution in [3.05, 3.63) is 47.9 Å². The summed E-state index contributed by atoms with van der Waals surface area (Å²) in [6, 6.07) is 7.25. The number of hydrogen-bond acceptors (Lipinski definition) is 6. The second kappa shape index (κ2) is 6.98. The summed E-state index contributed by atoms with van der Waals surface area (Å²) < 4.78 is 31.6. The molecular weight excluding hydrogens is 356 g/mol. The van der Waals surface area contributed by atoms with Gasteiger partial charge in [-0.25, -0.2) is 13.8 Å². The van der Waals surface area contributed by atoms with Crippen molar-refractivity contribution in [1.82, 2.24) is 25.4 Å². The van der Waals surface area contributed by atoms with Crippen molar-refractivity contribution in [3.63, 3.8) is 0 Å². The number of amides is 1. The number of carbonyl (C=O) groups is 1. The molecule has 1 aliphatic rings. The first-order valence-corrected chi connectivity index (χ1v) is 8.70. The zero-order valence-corrected chi connectivity index (χ0v) is 14.4. The lowest BCUT2D eigenvalue weighted by molar-refractivity contribution is -0.0389. The first-order chi connectivity index (χ1) is 13.0. The van der Waals surface area contributed by atoms with E-state index in [1.807, 2.05) is 18.2 Å². The summed E-state index contributed by atoms with van der Waals surface area (Å²) in [5.41, 5.74) is 1.51. The van der Waals surface area contributed by atoms with Crippen LogP contribution in [0.15, 0.2) is 35.0 Å². The topological polar surface area (TPSA) is 93.8 Å². The van der Waals surface area contributed by atoms with Gasteiger partial charge < -0.3 is 9.84 Å². The molecule has 1 aliphatic carbocycles. The van der Waals surface area contributed by atoms with Crippen molar-refractivity contribution in [2.75, 3.05) is 0 Å². The minimum atomic E-state index is -2.60. The predicted molar refractivity (Wildman–Crippen MR) is 91.2 cm³/mol. The molecule has 2 heterocycles. The highest BCUT2D eigenvalue weighted by atomic mass is 19.3. The maximum absolute atomic E-state index is 13.2. The number of nitrogens with zero attached hydrogens (tertiary/aromatic N) is 4. The van der Waals surface area contributed by atoms with E-state index >= 15 is 0 Å². The third kappa shape index (κ3) is 3.91. The molecule has 140 valence electrons. The Labute approximate surface area is 153 Å². The van der Waals surface area contributed by atoms with Gasteiger partial charge in [0.25, 0.3) is 5.91 Å². The standard InChI is InChI=1S/C18H17F2N5O2/c19-18(20)7-5-11(6-8-18)16-24-15(27-25-16)10-22-17(26)14-9-21-12-3-1-2-4-13(12)23-14/h1-4,9,11H,5-8,10H2,(H,22,26). The Hall–Kier alpha value is -2.97. The van der Waals surface area contributed by atoms with E-state index in [0.29, 0.717) is 29.7 Å². The summed E-state index contributed by atoms with van der Waals surface area (Å²) in [7, 11) is 0. The molecule has 0 bridgehead atoms. The van der Waals surface area contributed by atoms with E-state index in [1.165, 1.54) is 6.20 Å².